The number of ketones is 1. The van der Waals surface area contributed by atoms with E-state index in [1.807, 2.05) is 0 Å². The van der Waals surface area contributed by atoms with Gasteiger partial charge in [-0.2, -0.15) is 8.42 Å². The molecule has 0 amide bonds. The molecular weight excluding hydrogens is 282 g/mol. The van der Waals surface area contributed by atoms with Gasteiger partial charge in [0.1, 0.15) is 11.5 Å². The number of carbonyl (C=O) groups excluding carboxylic acids is 1. The lowest BCUT2D eigenvalue weighted by Gasteiger charge is -2.10. The van der Waals surface area contributed by atoms with E-state index in [9.17, 15) is 13.2 Å². The lowest BCUT2D eigenvalue weighted by atomic mass is 10.00. The zero-order valence-corrected chi connectivity index (χ0v) is 11.8. The monoisotopic (exact) mass is 301 g/mol. The van der Waals surface area contributed by atoms with Crippen LogP contribution in [-0.2, 0) is 21.3 Å². The highest BCUT2D eigenvalue weighted by Gasteiger charge is 2.14. The predicted molar refractivity (Wildman–Crippen MR) is 75.1 cm³/mol. The number of Topliss-reactive ketones (excluding diaryl/α,β-unsaturated/α-hetero) is 1. The highest BCUT2D eigenvalue weighted by Crippen LogP contribution is 2.12. The molecule has 0 spiro atoms. The summed E-state index contributed by atoms with van der Waals surface area (Å²) in [4.78, 5) is 11.8. The Labute approximate surface area is 118 Å². The summed E-state index contributed by atoms with van der Waals surface area (Å²) in [5.74, 6) is -0.333. The molecule has 0 unspecified atom stereocenters. The molecule has 0 aliphatic carbocycles. The maximum atomic E-state index is 11.8. The molecule has 20 heavy (non-hydrogen) atoms. The molecule has 7 heteroatoms. The van der Waals surface area contributed by atoms with Crippen LogP contribution in [0.15, 0.2) is 24.3 Å². The van der Waals surface area contributed by atoms with Crippen LogP contribution in [-0.4, -0.2) is 35.7 Å². The van der Waals surface area contributed by atoms with E-state index in [1.165, 1.54) is 12.1 Å². The van der Waals surface area contributed by atoms with Crippen molar-refractivity contribution in [3.05, 3.63) is 29.8 Å². The van der Waals surface area contributed by atoms with Crippen molar-refractivity contribution >= 4 is 15.9 Å². The van der Waals surface area contributed by atoms with Crippen LogP contribution in [0, 0.1) is 0 Å². The van der Waals surface area contributed by atoms with Crippen molar-refractivity contribution in [2.24, 2.45) is 5.73 Å². The lowest BCUT2D eigenvalue weighted by molar-refractivity contribution is -0.120. The van der Waals surface area contributed by atoms with Gasteiger partial charge in [0.25, 0.3) is 10.1 Å². The molecule has 1 atom stereocenters. The molecule has 0 saturated heterocycles. The number of nitrogens with two attached hydrogens (primary N) is 1. The van der Waals surface area contributed by atoms with Crippen molar-refractivity contribution in [3.8, 4) is 5.75 Å². The lowest BCUT2D eigenvalue weighted by Crippen LogP contribution is -2.32. The van der Waals surface area contributed by atoms with Gasteiger partial charge in [0.05, 0.1) is 11.8 Å². The number of benzene rings is 1. The number of aromatic hydroxyl groups is 1. The Hall–Kier alpha value is -1.44. The predicted octanol–water partition coefficient (Wildman–Crippen LogP) is 0.889. The van der Waals surface area contributed by atoms with E-state index in [4.69, 9.17) is 15.4 Å². The summed E-state index contributed by atoms with van der Waals surface area (Å²) in [6.45, 7) is 0. The standard InChI is InChI=1S/C13H19NO5S/c14-12(9-10-4-6-11(15)7-5-10)13(16)3-1-2-8-20(17,18)19/h4-7,12,15H,1-3,8-9,14H2,(H,17,18,19)/t12-/m0/s1. The second kappa shape index (κ2) is 7.37. The Bertz CT molecular complexity index is 538. The fourth-order valence-electron chi connectivity index (χ4n) is 1.77. The zero-order valence-electron chi connectivity index (χ0n) is 11.0. The van der Waals surface area contributed by atoms with E-state index in [-0.39, 0.29) is 30.1 Å². The summed E-state index contributed by atoms with van der Waals surface area (Å²) in [5, 5.41) is 9.14. The van der Waals surface area contributed by atoms with E-state index in [0.717, 1.165) is 5.56 Å². The molecule has 0 aromatic heterocycles. The Morgan fingerprint density at radius 1 is 1.20 bits per heavy atom. The minimum Gasteiger partial charge on any atom is -0.508 e. The van der Waals surface area contributed by atoms with Crippen LogP contribution in [0.25, 0.3) is 0 Å². The van der Waals surface area contributed by atoms with Crippen molar-refractivity contribution in [1.82, 2.24) is 0 Å². The maximum Gasteiger partial charge on any atom is 0.264 e. The molecule has 0 heterocycles. The SMILES string of the molecule is N[C@@H](Cc1ccc(O)cc1)C(=O)CCCCS(=O)(=O)O. The quantitative estimate of drug-likeness (QED) is 0.485. The molecule has 6 nitrogen and oxygen atoms in total. The van der Waals surface area contributed by atoms with Crippen LogP contribution in [0.3, 0.4) is 0 Å². The molecule has 0 saturated carbocycles. The Kier molecular flexibility index (Phi) is 6.12. The number of rotatable bonds is 8. The molecule has 4 N–H and O–H groups in total. The summed E-state index contributed by atoms with van der Waals surface area (Å²) < 4.78 is 29.6. The molecule has 0 aliphatic rings. The van der Waals surface area contributed by atoms with Gasteiger partial charge in [0, 0.05) is 6.42 Å². The topological polar surface area (TPSA) is 118 Å². The summed E-state index contributed by atoms with van der Waals surface area (Å²) in [5.41, 5.74) is 6.62. The van der Waals surface area contributed by atoms with Gasteiger partial charge in [-0.25, -0.2) is 0 Å². The van der Waals surface area contributed by atoms with Gasteiger partial charge in [-0.15, -0.1) is 0 Å². The second-order valence-corrected chi connectivity index (χ2v) is 6.26. The van der Waals surface area contributed by atoms with Crippen LogP contribution < -0.4 is 5.73 Å². The zero-order chi connectivity index (χ0) is 15.2. The smallest absolute Gasteiger partial charge is 0.264 e. The minimum absolute atomic E-state index is 0.145. The van der Waals surface area contributed by atoms with Crippen LogP contribution in [0.2, 0.25) is 0 Å². The third kappa shape index (κ3) is 6.65. The second-order valence-electron chi connectivity index (χ2n) is 4.69. The number of phenols is 1. The van der Waals surface area contributed by atoms with Crippen molar-refractivity contribution in [3.63, 3.8) is 0 Å². The number of carbonyl (C=O) groups is 1. The summed E-state index contributed by atoms with van der Waals surface area (Å²) >= 11 is 0. The maximum absolute atomic E-state index is 11.8. The fraction of sp³-hybridized carbons (Fsp3) is 0.462. The summed E-state index contributed by atoms with van der Waals surface area (Å²) in [6.07, 6.45) is 1.17. The van der Waals surface area contributed by atoms with Crippen LogP contribution in [0.5, 0.6) is 5.75 Å². The normalized spacial score (nSPS) is 13.1. The Balaban J connectivity index is 2.34. The summed E-state index contributed by atoms with van der Waals surface area (Å²) in [7, 11) is -3.96. The van der Waals surface area contributed by atoms with Gasteiger partial charge in [-0.05, 0) is 37.0 Å². The molecule has 0 aliphatic heterocycles. The highest BCUT2D eigenvalue weighted by atomic mass is 32.2. The fourth-order valence-corrected chi connectivity index (χ4v) is 2.34. The van der Waals surface area contributed by atoms with Gasteiger partial charge < -0.3 is 10.8 Å². The van der Waals surface area contributed by atoms with Gasteiger partial charge >= 0.3 is 0 Å². The van der Waals surface area contributed by atoms with E-state index < -0.39 is 16.2 Å². The number of unbranched alkanes of at least 4 members (excludes halogenated alkanes) is 1. The third-order valence-electron chi connectivity index (χ3n) is 2.88. The first-order valence-electron chi connectivity index (χ1n) is 6.29. The van der Waals surface area contributed by atoms with Crippen LogP contribution >= 0.6 is 0 Å². The molecule has 112 valence electrons. The van der Waals surface area contributed by atoms with E-state index in [0.29, 0.717) is 12.8 Å². The average Bonchev–Trinajstić information content (AvgIpc) is 2.36. The van der Waals surface area contributed by atoms with Crippen LogP contribution in [0.1, 0.15) is 24.8 Å². The first-order chi connectivity index (χ1) is 9.28. The van der Waals surface area contributed by atoms with Crippen molar-refractivity contribution < 1.29 is 22.9 Å². The van der Waals surface area contributed by atoms with E-state index >= 15 is 0 Å². The molecule has 1 rings (SSSR count). The van der Waals surface area contributed by atoms with Gasteiger partial charge in [0.15, 0.2) is 0 Å². The Morgan fingerprint density at radius 2 is 1.80 bits per heavy atom. The van der Waals surface area contributed by atoms with Gasteiger partial charge in [-0.1, -0.05) is 12.1 Å². The molecular formula is C13H19NO5S. The number of hydrogen-bond acceptors (Lipinski definition) is 5. The Morgan fingerprint density at radius 3 is 2.35 bits per heavy atom. The van der Waals surface area contributed by atoms with Crippen molar-refractivity contribution in [2.45, 2.75) is 31.7 Å². The van der Waals surface area contributed by atoms with Gasteiger partial charge in [-0.3, -0.25) is 9.35 Å². The van der Waals surface area contributed by atoms with Crippen LogP contribution in [0.4, 0.5) is 0 Å². The summed E-state index contributed by atoms with van der Waals surface area (Å²) in [6, 6.07) is 5.80. The first kappa shape index (κ1) is 16.6. The molecule has 0 fully saturated rings. The molecule has 1 aromatic carbocycles. The third-order valence-corrected chi connectivity index (χ3v) is 3.69. The van der Waals surface area contributed by atoms with E-state index in [2.05, 4.69) is 0 Å². The first-order valence-corrected chi connectivity index (χ1v) is 7.90. The molecule has 0 bridgehead atoms. The average molecular weight is 301 g/mol. The highest BCUT2D eigenvalue weighted by molar-refractivity contribution is 7.85. The van der Waals surface area contributed by atoms with E-state index in [1.54, 1.807) is 12.1 Å². The number of phenolic OH excluding ortho intramolecular Hbond substituents is 1. The van der Waals surface area contributed by atoms with Crippen molar-refractivity contribution in [1.29, 1.82) is 0 Å². The number of hydrogen-bond donors (Lipinski definition) is 3. The van der Waals surface area contributed by atoms with Gasteiger partial charge in [0.2, 0.25) is 0 Å². The largest absolute Gasteiger partial charge is 0.508 e. The minimum atomic E-state index is -3.96. The van der Waals surface area contributed by atoms with Crippen molar-refractivity contribution in [2.75, 3.05) is 5.75 Å². The molecule has 0 radical (unpaired) electrons. The molecule has 1 aromatic rings.